The number of ether oxygens (including phenoxy) is 1. The number of non-ortho nitro benzene ring substituents is 2. The van der Waals surface area contributed by atoms with Crippen molar-refractivity contribution < 1.29 is 40.9 Å². The van der Waals surface area contributed by atoms with Crippen LogP contribution in [0.15, 0.2) is 53.6 Å². The third-order valence-corrected chi connectivity index (χ3v) is 4.23. The van der Waals surface area contributed by atoms with E-state index in [-0.39, 0.29) is 22.6 Å². The molecule has 0 aliphatic heterocycles. The van der Waals surface area contributed by atoms with Crippen molar-refractivity contribution in [2.75, 3.05) is 10.7 Å². The number of halogens is 6. The highest BCUT2D eigenvalue weighted by atomic mass is 19.4. The quantitative estimate of drug-likeness (QED) is 0.165. The number of aromatic nitrogens is 3. The first-order valence-corrected chi connectivity index (χ1v) is 9.83. The van der Waals surface area contributed by atoms with E-state index in [4.69, 9.17) is 0 Å². The number of nitrogens with zero attached hydrogens (tertiary/aromatic N) is 6. The summed E-state index contributed by atoms with van der Waals surface area (Å²) in [5.41, 5.74) is 1.85. The summed E-state index contributed by atoms with van der Waals surface area (Å²) >= 11 is 0. The Morgan fingerprint density at radius 1 is 0.868 bits per heavy atom. The summed E-state index contributed by atoms with van der Waals surface area (Å²) in [5.74, 6) is -1.29. The lowest BCUT2D eigenvalue weighted by molar-refractivity contribution is -0.385. The molecular weight excluding hydrogens is 534 g/mol. The van der Waals surface area contributed by atoms with Crippen molar-refractivity contribution in [1.82, 2.24) is 15.0 Å². The van der Waals surface area contributed by atoms with E-state index in [9.17, 15) is 46.6 Å². The summed E-state index contributed by atoms with van der Waals surface area (Å²) in [4.78, 5) is 30.8. The van der Waals surface area contributed by atoms with Crippen LogP contribution in [0.4, 0.5) is 55.3 Å². The summed E-state index contributed by atoms with van der Waals surface area (Å²) < 4.78 is 81.8. The molecular formula is C19H12F6N8O5. The minimum absolute atomic E-state index is 0.0713. The molecule has 1 heterocycles. The van der Waals surface area contributed by atoms with Gasteiger partial charge in [-0.2, -0.15) is 46.4 Å². The molecule has 3 aromatic rings. The van der Waals surface area contributed by atoms with Crippen molar-refractivity contribution in [3.05, 3.63) is 74.3 Å². The molecule has 200 valence electrons. The highest BCUT2D eigenvalue weighted by Gasteiger charge is 2.59. The van der Waals surface area contributed by atoms with Crippen molar-refractivity contribution in [3.63, 3.8) is 0 Å². The van der Waals surface area contributed by atoms with Crippen molar-refractivity contribution in [1.29, 1.82) is 0 Å². The predicted octanol–water partition coefficient (Wildman–Crippen LogP) is 4.75. The number of nitro benzene ring substituents is 2. The van der Waals surface area contributed by atoms with Gasteiger partial charge in [-0.15, -0.1) is 0 Å². The predicted molar refractivity (Wildman–Crippen MR) is 117 cm³/mol. The number of rotatable bonds is 9. The highest BCUT2D eigenvalue weighted by molar-refractivity contribution is 5.81. The van der Waals surface area contributed by atoms with Crippen LogP contribution in [0.5, 0.6) is 6.01 Å². The lowest BCUT2D eigenvalue weighted by Crippen LogP contribution is -2.46. The summed E-state index contributed by atoms with van der Waals surface area (Å²) in [5, 5.41) is 27.7. The molecule has 3 rings (SSSR count). The summed E-state index contributed by atoms with van der Waals surface area (Å²) in [7, 11) is 0. The largest absolute Gasteiger partial charge is 0.440 e. The van der Waals surface area contributed by atoms with Gasteiger partial charge in [0, 0.05) is 35.5 Å². The van der Waals surface area contributed by atoms with Gasteiger partial charge >= 0.3 is 18.4 Å². The second-order valence-electron chi connectivity index (χ2n) is 7.00. The molecule has 38 heavy (non-hydrogen) atoms. The van der Waals surface area contributed by atoms with Crippen LogP contribution >= 0.6 is 0 Å². The van der Waals surface area contributed by atoms with Gasteiger partial charge in [-0.05, 0) is 12.1 Å². The van der Waals surface area contributed by atoms with Crippen LogP contribution < -0.4 is 15.5 Å². The molecule has 13 nitrogen and oxygen atoms in total. The Morgan fingerprint density at radius 3 is 2.05 bits per heavy atom. The normalized spacial score (nSPS) is 12.0. The molecule has 0 fully saturated rings. The number of hydrogen-bond acceptors (Lipinski definition) is 11. The fraction of sp³-hybridized carbons (Fsp3) is 0.158. The fourth-order valence-corrected chi connectivity index (χ4v) is 2.62. The van der Waals surface area contributed by atoms with E-state index in [0.29, 0.717) is 0 Å². The third kappa shape index (κ3) is 7.45. The van der Waals surface area contributed by atoms with Gasteiger partial charge in [0.2, 0.25) is 5.95 Å². The van der Waals surface area contributed by atoms with Gasteiger partial charge in [-0.3, -0.25) is 20.2 Å². The maximum absolute atomic E-state index is 13.0. The molecule has 19 heteroatoms. The van der Waals surface area contributed by atoms with Crippen molar-refractivity contribution in [3.8, 4) is 6.01 Å². The highest BCUT2D eigenvalue weighted by Crippen LogP contribution is 2.36. The first kappa shape index (κ1) is 27.5. The van der Waals surface area contributed by atoms with Crippen LogP contribution in [-0.2, 0) is 0 Å². The van der Waals surface area contributed by atoms with Crippen molar-refractivity contribution in [2.24, 2.45) is 5.10 Å². The Labute approximate surface area is 206 Å². The van der Waals surface area contributed by atoms with E-state index in [2.05, 4.69) is 35.5 Å². The molecule has 0 saturated heterocycles. The van der Waals surface area contributed by atoms with Gasteiger partial charge in [0.05, 0.1) is 16.1 Å². The maximum atomic E-state index is 13.0. The zero-order chi connectivity index (χ0) is 28.1. The fourth-order valence-electron chi connectivity index (χ4n) is 2.62. The summed E-state index contributed by atoms with van der Waals surface area (Å²) in [6, 6.07) is 8.17. The number of hydrazone groups is 1. The standard InChI is InChI=1S/C19H12F6N8O5/c20-18(21,22)14(19(23,24)25)38-17-29-15(27-11-4-6-12(7-5-11)32(34)35)28-16(30-17)31-26-9-10-2-1-3-13(8-10)33(36)37/h1-9,14H,(H2,27,28,29,30,31). The average Bonchev–Trinajstić information content (AvgIpc) is 2.81. The van der Waals surface area contributed by atoms with Crippen molar-refractivity contribution >= 4 is 35.2 Å². The number of nitrogens with one attached hydrogen (secondary N) is 2. The number of nitro groups is 2. The van der Waals surface area contributed by atoms with E-state index in [1.54, 1.807) is 0 Å². The summed E-state index contributed by atoms with van der Waals surface area (Å²) in [6.07, 6.45) is -15.0. The van der Waals surface area contributed by atoms with E-state index in [1.807, 2.05) is 0 Å². The molecule has 0 radical (unpaired) electrons. The molecule has 0 aliphatic rings. The van der Waals surface area contributed by atoms with Crippen LogP contribution in [0.25, 0.3) is 0 Å². The molecule has 0 aliphatic carbocycles. The molecule has 0 atom stereocenters. The molecule has 0 spiro atoms. The van der Waals surface area contributed by atoms with E-state index < -0.39 is 46.2 Å². The van der Waals surface area contributed by atoms with Crippen LogP contribution in [0.1, 0.15) is 5.56 Å². The second-order valence-corrected chi connectivity index (χ2v) is 7.00. The Hall–Kier alpha value is -5.10. The topological polar surface area (TPSA) is 171 Å². The van der Waals surface area contributed by atoms with Crippen molar-refractivity contribution in [2.45, 2.75) is 18.5 Å². The molecule has 0 saturated carbocycles. The zero-order valence-electron chi connectivity index (χ0n) is 18.3. The Morgan fingerprint density at radius 2 is 1.47 bits per heavy atom. The molecule has 1 aromatic heterocycles. The Bertz CT molecular complexity index is 1340. The minimum Gasteiger partial charge on any atom is -0.440 e. The van der Waals surface area contributed by atoms with E-state index in [0.717, 1.165) is 24.4 Å². The molecule has 0 unspecified atom stereocenters. The first-order valence-electron chi connectivity index (χ1n) is 9.83. The molecule has 0 bridgehead atoms. The Kier molecular flexibility index (Phi) is 7.87. The molecule has 2 N–H and O–H groups in total. The van der Waals surface area contributed by atoms with Gasteiger partial charge in [0.1, 0.15) is 0 Å². The van der Waals surface area contributed by atoms with Gasteiger partial charge in [0.15, 0.2) is 0 Å². The smallest absolute Gasteiger partial charge is 0.434 e. The van der Waals surface area contributed by atoms with Gasteiger partial charge in [-0.25, -0.2) is 5.43 Å². The monoisotopic (exact) mass is 546 g/mol. The van der Waals surface area contributed by atoms with E-state index in [1.165, 1.54) is 30.3 Å². The van der Waals surface area contributed by atoms with Crippen LogP contribution in [0.3, 0.4) is 0 Å². The first-order chi connectivity index (χ1) is 17.7. The van der Waals surface area contributed by atoms with Crippen LogP contribution in [0, 0.1) is 20.2 Å². The SMILES string of the molecule is O=[N+]([O-])c1ccc(Nc2nc(NN=Cc3cccc([N+](=O)[O-])c3)nc(OC(C(F)(F)F)C(F)(F)F)n2)cc1. The lowest BCUT2D eigenvalue weighted by Gasteiger charge is -2.22. The van der Waals surface area contributed by atoms with Gasteiger partial charge in [0.25, 0.3) is 23.4 Å². The lowest BCUT2D eigenvalue weighted by atomic mass is 10.2. The Balaban J connectivity index is 1.92. The van der Waals surface area contributed by atoms with E-state index >= 15 is 0 Å². The number of anilines is 3. The number of benzene rings is 2. The maximum Gasteiger partial charge on any atom is 0.434 e. The minimum atomic E-state index is -5.87. The zero-order valence-corrected chi connectivity index (χ0v) is 18.3. The summed E-state index contributed by atoms with van der Waals surface area (Å²) in [6.45, 7) is 0. The molecule has 0 amide bonds. The number of alkyl halides is 6. The molecule has 2 aromatic carbocycles. The van der Waals surface area contributed by atoms with Gasteiger partial charge < -0.3 is 10.1 Å². The second kappa shape index (κ2) is 10.9. The van der Waals surface area contributed by atoms with Crippen LogP contribution in [-0.4, -0.2) is 49.5 Å². The third-order valence-electron chi connectivity index (χ3n) is 4.23. The van der Waals surface area contributed by atoms with Gasteiger partial charge in [-0.1, -0.05) is 12.1 Å². The average molecular weight is 546 g/mol. The number of hydrogen-bond donors (Lipinski definition) is 2. The van der Waals surface area contributed by atoms with Crippen LogP contribution in [0.2, 0.25) is 0 Å².